The quantitative estimate of drug-likeness (QED) is 0.777. The first-order valence-corrected chi connectivity index (χ1v) is 6.98. The van der Waals surface area contributed by atoms with Gasteiger partial charge in [-0.2, -0.15) is 18.2 Å². The largest absolute Gasteiger partial charge is 0.412 e. The van der Waals surface area contributed by atoms with E-state index in [1.54, 1.807) is 13.0 Å². The molecule has 0 saturated carbocycles. The van der Waals surface area contributed by atoms with Crippen molar-refractivity contribution >= 4 is 5.91 Å². The Morgan fingerprint density at radius 2 is 2.14 bits per heavy atom. The molecule has 0 aromatic rings. The van der Waals surface area contributed by atoms with Gasteiger partial charge < -0.3 is 9.84 Å². The van der Waals surface area contributed by atoms with E-state index in [4.69, 9.17) is 4.74 Å². The van der Waals surface area contributed by atoms with Gasteiger partial charge in [0.2, 0.25) is 5.91 Å². The summed E-state index contributed by atoms with van der Waals surface area (Å²) in [5.41, 5.74) is 1.95. The van der Waals surface area contributed by atoms with Gasteiger partial charge in [-0.25, -0.2) is 0 Å². The number of aliphatic hydroxyl groups is 1. The van der Waals surface area contributed by atoms with E-state index in [0.717, 1.165) is 6.08 Å². The Bertz CT molecular complexity index is 490. The van der Waals surface area contributed by atoms with Gasteiger partial charge in [0, 0.05) is 18.6 Å². The van der Waals surface area contributed by atoms with Gasteiger partial charge in [0.15, 0.2) is 0 Å². The van der Waals surface area contributed by atoms with Crippen LogP contribution in [0.1, 0.15) is 19.8 Å². The van der Waals surface area contributed by atoms with Crippen LogP contribution in [0.3, 0.4) is 0 Å². The SMILES string of the molecule is COC1C=CC(O)N1NC(=O)C1CC=C(C(F)(F)F)CC1C. The number of methoxy groups -OCH3 is 1. The van der Waals surface area contributed by atoms with E-state index in [-0.39, 0.29) is 12.8 Å². The van der Waals surface area contributed by atoms with Crippen molar-refractivity contribution in [3.05, 3.63) is 23.8 Å². The predicted octanol–water partition coefficient (Wildman–Crippen LogP) is 1.72. The molecule has 0 saturated heterocycles. The number of carbonyl (C=O) groups is 1. The first kappa shape index (κ1) is 17.0. The van der Waals surface area contributed by atoms with Crippen molar-refractivity contribution in [1.29, 1.82) is 0 Å². The van der Waals surface area contributed by atoms with Gasteiger partial charge in [0.1, 0.15) is 12.5 Å². The number of ether oxygens (including phenoxy) is 1. The molecule has 5 nitrogen and oxygen atoms in total. The van der Waals surface area contributed by atoms with Crippen LogP contribution in [0, 0.1) is 11.8 Å². The zero-order valence-electron chi connectivity index (χ0n) is 12.3. The highest BCUT2D eigenvalue weighted by molar-refractivity contribution is 5.79. The number of amides is 1. The molecule has 0 aromatic carbocycles. The van der Waals surface area contributed by atoms with E-state index in [2.05, 4.69) is 5.43 Å². The molecule has 0 aromatic heterocycles. The Hall–Kier alpha value is -1.38. The summed E-state index contributed by atoms with van der Waals surface area (Å²) in [7, 11) is 1.42. The minimum atomic E-state index is -4.34. The minimum Gasteiger partial charge on any atom is -0.373 e. The summed E-state index contributed by atoms with van der Waals surface area (Å²) in [4.78, 5) is 12.3. The van der Waals surface area contributed by atoms with Crippen LogP contribution in [0.15, 0.2) is 23.8 Å². The van der Waals surface area contributed by atoms with Crippen LogP contribution in [-0.4, -0.2) is 41.8 Å². The van der Waals surface area contributed by atoms with Crippen LogP contribution in [0.4, 0.5) is 13.2 Å². The second-order valence-corrected chi connectivity index (χ2v) is 5.56. The van der Waals surface area contributed by atoms with Crippen LogP contribution in [0.5, 0.6) is 0 Å². The number of nitrogens with zero attached hydrogens (tertiary/aromatic N) is 1. The molecule has 4 unspecified atom stereocenters. The number of carbonyl (C=O) groups excluding carboxylic acids is 1. The smallest absolute Gasteiger partial charge is 0.373 e. The van der Waals surface area contributed by atoms with E-state index >= 15 is 0 Å². The average Bonchev–Trinajstić information content (AvgIpc) is 2.78. The molecule has 2 N–H and O–H groups in total. The molecular formula is C14H19F3N2O3. The molecule has 0 spiro atoms. The third kappa shape index (κ3) is 3.50. The van der Waals surface area contributed by atoms with Crippen LogP contribution >= 0.6 is 0 Å². The molecule has 0 bridgehead atoms. The molecule has 124 valence electrons. The number of allylic oxidation sites excluding steroid dienone is 2. The molecule has 1 aliphatic heterocycles. The number of aliphatic hydroxyl groups excluding tert-OH is 1. The van der Waals surface area contributed by atoms with Crippen molar-refractivity contribution in [2.75, 3.05) is 7.11 Å². The second-order valence-electron chi connectivity index (χ2n) is 5.56. The molecule has 22 heavy (non-hydrogen) atoms. The molecular weight excluding hydrogens is 301 g/mol. The molecule has 1 aliphatic carbocycles. The summed E-state index contributed by atoms with van der Waals surface area (Å²) in [6.07, 6.45) is -2.00. The molecule has 1 heterocycles. The monoisotopic (exact) mass is 320 g/mol. The lowest BCUT2D eigenvalue weighted by atomic mass is 9.80. The van der Waals surface area contributed by atoms with Gasteiger partial charge in [-0.15, -0.1) is 0 Å². The fourth-order valence-electron chi connectivity index (χ4n) is 2.73. The summed E-state index contributed by atoms with van der Waals surface area (Å²) >= 11 is 0. The zero-order chi connectivity index (χ0) is 16.5. The lowest BCUT2D eigenvalue weighted by molar-refractivity contribution is -0.147. The summed E-state index contributed by atoms with van der Waals surface area (Å²) < 4.78 is 43.1. The molecule has 2 aliphatic rings. The van der Waals surface area contributed by atoms with Crippen LogP contribution in [0.25, 0.3) is 0 Å². The maximum absolute atomic E-state index is 12.7. The van der Waals surface area contributed by atoms with Crippen molar-refractivity contribution in [2.45, 2.75) is 38.4 Å². The van der Waals surface area contributed by atoms with Crippen molar-refractivity contribution in [1.82, 2.24) is 10.4 Å². The minimum absolute atomic E-state index is 0.0247. The highest BCUT2D eigenvalue weighted by Gasteiger charge is 2.40. The summed E-state index contributed by atoms with van der Waals surface area (Å²) in [5, 5.41) is 11.0. The maximum atomic E-state index is 12.7. The van der Waals surface area contributed by atoms with Gasteiger partial charge in [-0.05, 0) is 30.9 Å². The highest BCUT2D eigenvalue weighted by Crippen LogP contribution is 2.38. The summed E-state index contributed by atoms with van der Waals surface area (Å²) in [5.74, 6) is -1.43. The van der Waals surface area contributed by atoms with Gasteiger partial charge in [0.25, 0.3) is 0 Å². The van der Waals surface area contributed by atoms with Crippen LogP contribution in [-0.2, 0) is 9.53 Å². The first-order chi connectivity index (χ1) is 10.2. The van der Waals surface area contributed by atoms with E-state index in [1.165, 1.54) is 18.2 Å². The zero-order valence-corrected chi connectivity index (χ0v) is 12.3. The lowest BCUT2D eigenvalue weighted by Gasteiger charge is -2.32. The van der Waals surface area contributed by atoms with E-state index < -0.39 is 41.9 Å². The van der Waals surface area contributed by atoms with Gasteiger partial charge in [-0.1, -0.05) is 13.0 Å². The van der Waals surface area contributed by atoms with Crippen LogP contribution < -0.4 is 5.43 Å². The third-order valence-corrected chi connectivity index (χ3v) is 4.04. The average molecular weight is 320 g/mol. The fraction of sp³-hybridized carbons (Fsp3) is 0.643. The fourth-order valence-corrected chi connectivity index (χ4v) is 2.73. The second kappa shape index (κ2) is 6.39. The Balaban J connectivity index is 2.01. The number of hydrogen-bond donors (Lipinski definition) is 2. The normalized spacial score (nSPS) is 32.9. The number of nitrogens with one attached hydrogen (secondary N) is 1. The number of rotatable bonds is 3. The maximum Gasteiger partial charge on any atom is 0.412 e. The predicted molar refractivity (Wildman–Crippen MR) is 72.0 cm³/mol. The molecule has 4 atom stereocenters. The molecule has 8 heteroatoms. The molecule has 0 radical (unpaired) electrons. The molecule has 0 fully saturated rings. The van der Waals surface area contributed by atoms with Crippen molar-refractivity contribution in [2.24, 2.45) is 11.8 Å². The standard InChI is InChI=1S/C14H19F3N2O3/c1-8-7-9(14(15,16)17)3-4-10(8)13(21)18-19-11(20)5-6-12(19)22-2/h3,5-6,8,10-12,20H,4,7H2,1-2H3,(H,18,21). The van der Waals surface area contributed by atoms with Gasteiger partial charge in [0.05, 0.1) is 0 Å². The Labute approximate surface area is 126 Å². The Morgan fingerprint density at radius 3 is 2.68 bits per heavy atom. The van der Waals surface area contributed by atoms with E-state index in [1.807, 2.05) is 0 Å². The van der Waals surface area contributed by atoms with Crippen LogP contribution in [0.2, 0.25) is 0 Å². The van der Waals surface area contributed by atoms with E-state index in [0.29, 0.717) is 0 Å². The van der Waals surface area contributed by atoms with Crippen molar-refractivity contribution < 1.29 is 27.8 Å². The van der Waals surface area contributed by atoms with Crippen molar-refractivity contribution in [3.63, 3.8) is 0 Å². The number of hydrogen-bond acceptors (Lipinski definition) is 4. The lowest BCUT2D eigenvalue weighted by Crippen LogP contribution is -2.53. The summed E-state index contributed by atoms with van der Waals surface area (Å²) in [6.45, 7) is 1.62. The number of alkyl halides is 3. The van der Waals surface area contributed by atoms with E-state index in [9.17, 15) is 23.1 Å². The number of halogens is 3. The Kier molecular flexibility index (Phi) is 4.93. The first-order valence-electron chi connectivity index (χ1n) is 6.98. The molecule has 1 amide bonds. The topological polar surface area (TPSA) is 61.8 Å². The number of hydrazine groups is 1. The van der Waals surface area contributed by atoms with Gasteiger partial charge >= 0.3 is 6.18 Å². The Morgan fingerprint density at radius 1 is 1.45 bits per heavy atom. The summed E-state index contributed by atoms with van der Waals surface area (Å²) in [6, 6.07) is 0. The highest BCUT2D eigenvalue weighted by atomic mass is 19.4. The van der Waals surface area contributed by atoms with Crippen molar-refractivity contribution in [3.8, 4) is 0 Å². The third-order valence-electron chi connectivity index (χ3n) is 4.04. The van der Waals surface area contributed by atoms with Gasteiger partial charge in [-0.3, -0.25) is 10.2 Å². The molecule has 2 rings (SSSR count).